The molecule has 0 aromatic carbocycles. The topological polar surface area (TPSA) is 28.7 Å². The predicted octanol–water partition coefficient (Wildman–Crippen LogP) is 7.34. The molecule has 0 bridgehead atoms. The van der Waals surface area contributed by atoms with Gasteiger partial charge in [-0.25, -0.2) is 0 Å². The van der Waals surface area contributed by atoms with Gasteiger partial charge in [-0.15, -0.1) is 0 Å². The number of aryl methyl sites for hydroxylation is 1. The van der Waals surface area contributed by atoms with Crippen LogP contribution in [0.25, 0.3) is 0 Å². The molecule has 0 amide bonds. The van der Waals surface area contributed by atoms with Gasteiger partial charge in [-0.2, -0.15) is 0 Å². The van der Waals surface area contributed by atoms with Gasteiger partial charge in [0.05, 0.1) is 0 Å². The Labute approximate surface area is 155 Å². The third-order valence-corrected chi connectivity index (χ3v) is 4.53. The number of hydrogen-bond acceptors (Lipinski definition) is 1. The maximum atomic E-state index is 3.78. The first kappa shape index (κ1) is 21.5. The Bertz CT molecular complexity index is 424. The zero-order chi connectivity index (χ0) is 17.8. The van der Waals surface area contributed by atoms with Crippen molar-refractivity contribution in [1.29, 1.82) is 0 Å². The molecule has 1 N–H and O–H groups in total. The number of hydrogen-bond donors (Lipinski definition) is 1. The molecule has 0 radical (unpaired) electrons. The minimum absolute atomic E-state index is 1.23. The van der Waals surface area contributed by atoms with Gasteiger partial charge in [0.2, 0.25) is 0 Å². The number of nitrogens with one attached hydrogen (secondary N) is 1. The van der Waals surface area contributed by atoms with Gasteiger partial charge < -0.3 is 4.98 Å². The van der Waals surface area contributed by atoms with E-state index in [9.17, 15) is 0 Å². The van der Waals surface area contributed by atoms with Gasteiger partial charge >= 0.3 is 0 Å². The van der Waals surface area contributed by atoms with E-state index in [-0.39, 0.29) is 0 Å². The lowest BCUT2D eigenvalue weighted by atomic mass is 10.0. The van der Waals surface area contributed by atoms with Gasteiger partial charge in [-0.1, -0.05) is 83.6 Å². The third-order valence-electron chi connectivity index (χ3n) is 4.53. The molecule has 2 rings (SSSR count). The van der Waals surface area contributed by atoms with Crippen molar-refractivity contribution in [3.63, 3.8) is 0 Å². The molecule has 0 atom stereocenters. The fourth-order valence-corrected chi connectivity index (χ4v) is 2.99. The van der Waals surface area contributed by atoms with Crippen molar-refractivity contribution in [1.82, 2.24) is 9.97 Å². The van der Waals surface area contributed by atoms with E-state index in [1.54, 1.807) is 12.4 Å². The maximum Gasteiger partial charge on any atom is 0.0267 e. The molecule has 0 unspecified atom stereocenters. The van der Waals surface area contributed by atoms with E-state index in [0.717, 1.165) is 0 Å². The van der Waals surface area contributed by atoms with Crippen LogP contribution in [0.5, 0.6) is 0 Å². The van der Waals surface area contributed by atoms with Crippen molar-refractivity contribution < 1.29 is 0 Å². The van der Waals surface area contributed by atoms with E-state index in [4.69, 9.17) is 0 Å². The summed E-state index contributed by atoms with van der Waals surface area (Å²) in [7, 11) is 0. The summed E-state index contributed by atoms with van der Waals surface area (Å²) in [5.74, 6) is 0. The summed E-state index contributed by atoms with van der Waals surface area (Å²) >= 11 is 0. The SMILES string of the molecule is CCCCCCCCCCCCCCc1ccc[nH]1.c1ccncc1. The van der Waals surface area contributed by atoms with E-state index >= 15 is 0 Å². The third kappa shape index (κ3) is 14.5. The lowest BCUT2D eigenvalue weighted by molar-refractivity contribution is 0.543. The molecule has 2 aromatic heterocycles. The second kappa shape index (κ2) is 17.3. The molecule has 0 saturated carbocycles. The fraction of sp³-hybridized carbons (Fsp3) is 0.609. The monoisotopic (exact) mass is 342 g/mol. The van der Waals surface area contributed by atoms with Crippen LogP contribution in [0.3, 0.4) is 0 Å². The van der Waals surface area contributed by atoms with Gasteiger partial charge in [0.15, 0.2) is 0 Å². The number of rotatable bonds is 13. The highest BCUT2D eigenvalue weighted by atomic mass is 14.7. The fourth-order valence-electron chi connectivity index (χ4n) is 2.99. The molecule has 2 nitrogen and oxygen atoms in total. The average Bonchev–Trinajstić information content (AvgIpc) is 3.18. The van der Waals surface area contributed by atoms with Gasteiger partial charge in [0.25, 0.3) is 0 Å². The van der Waals surface area contributed by atoms with Crippen LogP contribution in [0.2, 0.25) is 0 Å². The number of unbranched alkanes of at least 4 members (excludes halogenated alkanes) is 11. The van der Waals surface area contributed by atoms with Crippen LogP contribution in [0.1, 0.15) is 89.7 Å². The van der Waals surface area contributed by atoms with Crippen LogP contribution < -0.4 is 0 Å². The van der Waals surface area contributed by atoms with E-state index in [2.05, 4.69) is 29.0 Å². The van der Waals surface area contributed by atoms with Crippen LogP contribution in [-0.4, -0.2) is 9.97 Å². The Morgan fingerprint density at radius 2 is 1.24 bits per heavy atom. The van der Waals surface area contributed by atoms with Crippen LogP contribution in [0, 0.1) is 0 Å². The molecule has 0 aliphatic carbocycles. The van der Waals surface area contributed by atoms with Gasteiger partial charge in [-0.3, -0.25) is 4.98 Å². The van der Waals surface area contributed by atoms with E-state index in [0.29, 0.717) is 0 Å². The number of nitrogens with zero attached hydrogens (tertiary/aromatic N) is 1. The highest BCUT2D eigenvalue weighted by Gasteiger charge is 1.95. The highest BCUT2D eigenvalue weighted by Crippen LogP contribution is 2.12. The first-order valence-electron chi connectivity index (χ1n) is 10.4. The Kier molecular flexibility index (Phi) is 14.8. The second-order valence-electron chi connectivity index (χ2n) is 6.86. The molecule has 0 aliphatic rings. The van der Waals surface area contributed by atoms with Crippen molar-refractivity contribution in [3.05, 3.63) is 54.6 Å². The molecule has 2 heteroatoms. The Morgan fingerprint density at radius 1 is 0.680 bits per heavy atom. The maximum absolute atomic E-state index is 3.78. The lowest BCUT2D eigenvalue weighted by Gasteiger charge is -2.02. The summed E-state index contributed by atoms with van der Waals surface area (Å²) < 4.78 is 0. The first-order valence-corrected chi connectivity index (χ1v) is 10.4. The lowest BCUT2D eigenvalue weighted by Crippen LogP contribution is -1.86. The van der Waals surface area contributed by atoms with Crippen molar-refractivity contribution in [2.45, 2.75) is 90.4 Å². The molecule has 25 heavy (non-hydrogen) atoms. The van der Waals surface area contributed by atoms with Gasteiger partial charge in [-0.05, 0) is 37.1 Å². The summed E-state index contributed by atoms with van der Waals surface area (Å²) in [5, 5.41) is 0. The van der Waals surface area contributed by atoms with Crippen LogP contribution in [0.4, 0.5) is 0 Å². The van der Waals surface area contributed by atoms with E-state index in [1.165, 1.54) is 89.2 Å². The summed E-state index contributed by atoms with van der Waals surface area (Å²) in [6.07, 6.45) is 23.9. The minimum atomic E-state index is 1.23. The summed E-state index contributed by atoms with van der Waals surface area (Å²) in [6, 6.07) is 10.0. The van der Waals surface area contributed by atoms with Crippen LogP contribution in [-0.2, 0) is 6.42 Å². The molecule has 2 aromatic rings. The Balaban J connectivity index is 0.000000435. The molecule has 0 aliphatic heterocycles. The van der Waals surface area contributed by atoms with Crippen LogP contribution in [0.15, 0.2) is 48.9 Å². The largest absolute Gasteiger partial charge is 0.365 e. The standard InChI is InChI=1S/C18H33N.C5H5N/c1-2-3-4-5-6-7-8-9-10-11-12-13-15-18-16-14-17-19-18;1-2-4-6-5-3-1/h14,16-17,19H,2-13,15H2,1H3;1-5H. The summed E-state index contributed by atoms with van der Waals surface area (Å²) in [4.78, 5) is 7.06. The molecule has 0 fully saturated rings. The minimum Gasteiger partial charge on any atom is -0.365 e. The first-order chi connectivity index (χ1) is 12.4. The highest BCUT2D eigenvalue weighted by molar-refractivity contribution is 5.03. The van der Waals surface area contributed by atoms with Crippen molar-refractivity contribution >= 4 is 0 Å². The number of H-pyrrole nitrogens is 1. The molecule has 0 saturated heterocycles. The molecule has 2 heterocycles. The van der Waals surface area contributed by atoms with Crippen molar-refractivity contribution in [3.8, 4) is 0 Å². The summed E-state index contributed by atoms with van der Waals surface area (Å²) in [5.41, 5.74) is 1.40. The Hall–Kier alpha value is -1.57. The number of pyridine rings is 1. The van der Waals surface area contributed by atoms with Gasteiger partial charge in [0.1, 0.15) is 0 Å². The zero-order valence-corrected chi connectivity index (χ0v) is 16.3. The quantitative estimate of drug-likeness (QED) is 0.379. The smallest absolute Gasteiger partial charge is 0.0267 e. The predicted molar refractivity (Wildman–Crippen MR) is 110 cm³/mol. The molecule has 140 valence electrons. The Morgan fingerprint density at radius 3 is 1.64 bits per heavy atom. The van der Waals surface area contributed by atoms with Gasteiger partial charge in [0, 0.05) is 24.3 Å². The summed E-state index contributed by atoms with van der Waals surface area (Å²) in [6.45, 7) is 2.29. The van der Waals surface area contributed by atoms with Crippen molar-refractivity contribution in [2.24, 2.45) is 0 Å². The molecular weight excluding hydrogens is 304 g/mol. The van der Waals surface area contributed by atoms with E-state index in [1.807, 2.05) is 24.4 Å². The zero-order valence-electron chi connectivity index (χ0n) is 16.3. The normalized spacial score (nSPS) is 10.3. The van der Waals surface area contributed by atoms with Crippen LogP contribution >= 0.6 is 0 Å². The number of aromatic nitrogens is 2. The van der Waals surface area contributed by atoms with E-state index < -0.39 is 0 Å². The second-order valence-corrected chi connectivity index (χ2v) is 6.86. The average molecular weight is 343 g/mol. The number of aromatic amines is 1. The molecular formula is C23H38N2. The molecule has 0 spiro atoms. The van der Waals surface area contributed by atoms with Crippen molar-refractivity contribution in [2.75, 3.05) is 0 Å².